The number of likely N-dealkylation sites (N-methyl/N-ethyl adjacent to an activating group) is 1. The number of nitrogens with one attached hydrogen (secondary N) is 1. The Morgan fingerprint density at radius 2 is 1.94 bits per heavy atom. The predicted molar refractivity (Wildman–Crippen MR) is 70.5 cm³/mol. The van der Waals surface area contributed by atoms with Crippen molar-refractivity contribution in [1.29, 1.82) is 0 Å². The van der Waals surface area contributed by atoms with Crippen molar-refractivity contribution in [3.8, 4) is 5.75 Å². The molecule has 96 valence electrons. The number of rotatable bonds is 9. The number of hydrogen-bond acceptors (Lipinski definition) is 3. The molecule has 3 nitrogen and oxygen atoms in total. The molecule has 0 saturated carbocycles. The minimum Gasteiger partial charge on any atom is -0.491 e. The van der Waals surface area contributed by atoms with E-state index in [1.807, 2.05) is 37.4 Å². The first-order valence-corrected chi connectivity index (χ1v) is 6.29. The SMILES string of the molecule is CCCC(COCCOc1ccccc1)NC. The summed E-state index contributed by atoms with van der Waals surface area (Å²) in [4.78, 5) is 0. The molecule has 3 heteroatoms. The van der Waals surface area contributed by atoms with Gasteiger partial charge in [-0.1, -0.05) is 31.5 Å². The van der Waals surface area contributed by atoms with Crippen molar-refractivity contribution < 1.29 is 9.47 Å². The molecule has 0 fully saturated rings. The highest BCUT2D eigenvalue weighted by Crippen LogP contribution is 2.07. The Bertz CT molecular complexity index is 277. The van der Waals surface area contributed by atoms with Crippen LogP contribution in [0.2, 0.25) is 0 Å². The summed E-state index contributed by atoms with van der Waals surface area (Å²) in [6.07, 6.45) is 2.32. The van der Waals surface area contributed by atoms with Crippen molar-refractivity contribution >= 4 is 0 Å². The van der Waals surface area contributed by atoms with E-state index in [1.54, 1.807) is 0 Å². The molecular formula is C14H23NO2. The van der Waals surface area contributed by atoms with Gasteiger partial charge in [0.1, 0.15) is 12.4 Å². The van der Waals surface area contributed by atoms with E-state index in [9.17, 15) is 0 Å². The fourth-order valence-electron chi connectivity index (χ4n) is 1.62. The first-order valence-electron chi connectivity index (χ1n) is 6.29. The van der Waals surface area contributed by atoms with Gasteiger partial charge in [-0.05, 0) is 25.6 Å². The standard InChI is InChI=1S/C14H23NO2/c1-3-7-13(15-2)12-16-10-11-17-14-8-5-4-6-9-14/h4-6,8-9,13,15H,3,7,10-12H2,1-2H3. The minimum absolute atomic E-state index is 0.455. The maximum atomic E-state index is 5.57. The largest absolute Gasteiger partial charge is 0.491 e. The van der Waals surface area contributed by atoms with Crippen molar-refractivity contribution in [2.24, 2.45) is 0 Å². The molecule has 1 aromatic rings. The predicted octanol–water partition coefficient (Wildman–Crippen LogP) is 2.47. The molecule has 0 bridgehead atoms. The summed E-state index contributed by atoms with van der Waals surface area (Å²) in [5.41, 5.74) is 0. The fourth-order valence-corrected chi connectivity index (χ4v) is 1.62. The molecule has 0 amide bonds. The Kier molecular flexibility index (Phi) is 7.43. The third kappa shape index (κ3) is 6.29. The Hall–Kier alpha value is -1.06. The van der Waals surface area contributed by atoms with Gasteiger partial charge in [0.15, 0.2) is 0 Å². The third-order valence-electron chi connectivity index (χ3n) is 2.60. The molecule has 1 N–H and O–H groups in total. The smallest absolute Gasteiger partial charge is 0.119 e. The lowest BCUT2D eigenvalue weighted by Gasteiger charge is -2.15. The van der Waals surface area contributed by atoms with Crippen molar-refractivity contribution in [3.63, 3.8) is 0 Å². The van der Waals surface area contributed by atoms with Gasteiger partial charge in [0.2, 0.25) is 0 Å². The molecule has 1 unspecified atom stereocenters. The van der Waals surface area contributed by atoms with E-state index in [0.29, 0.717) is 19.3 Å². The molecule has 1 aromatic carbocycles. The summed E-state index contributed by atoms with van der Waals surface area (Å²) in [7, 11) is 1.98. The van der Waals surface area contributed by atoms with Gasteiger partial charge in [0, 0.05) is 6.04 Å². The average molecular weight is 237 g/mol. The molecule has 0 aromatic heterocycles. The van der Waals surface area contributed by atoms with Crippen molar-refractivity contribution in [2.45, 2.75) is 25.8 Å². The zero-order valence-electron chi connectivity index (χ0n) is 10.8. The van der Waals surface area contributed by atoms with E-state index in [2.05, 4.69) is 12.2 Å². The average Bonchev–Trinajstić information content (AvgIpc) is 2.38. The highest BCUT2D eigenvalue weighted by Gasteiger charge is 2.03. The van der Waals surface area contributed by atoms with Crippen LogP contribution in [0.4, 0.5) is 0 Å². The topological polar surface area (TPSA) is 30.5 Å². The lowest BCUT2D eigenvalue weighted by atomic mass is 10.2. The molecule has 1 atom stereocenters. The Labute approximate surface area is 104 Å². The molecule has 0 aliphatic rings. The minimum atomic E-state index is 0.455. The van der Waals surface area contributed by atoms with Crippen LogP contribution in [0.5, 0.6) is 5.75 Å². The molecule has 0 spiro atoms. The van der Waals surface area contributed by atoms with Crippen LogP contribution < -0.4 is 10.1 Å². The maximum absolute atomic E-state index is 5.57. The van der Waals surface area contributed by atoms with Crippen LogP contribution in [-0.4, -0.2) is 32.9 Å². The van der Waals surface area contributed by atoms with E-state index < -0.39 is 0 Å². The summed E-state index contributed by atoms with van der Waals surface area (Å²) in [5, 5.41) is 3.25. The van der Waals surface area contributed by atoms with Crippen LogP contribution in [0.15, 0.2) is 30.3 Å². The van der Waals surface area contributed by atoms with E-state index in [0.717, 1.165) is 18.8 Å². The highest BCUT2D eigenvalue weighted by atomic mass is 16.5. The van der Waals surface area contributed by atoms with E-state index in [1.165, 1.54) is 6.42 Å². The van der Waals surface area contributed by atoms with E-state index in [-0.39, 0.29) is 0 Å². The first kappa shape index (κ1) is 14.0. The second-order valence-electron chi connectivity index (χ2n) is 4.01. The number of para-hydroxylation sites is 1. The summed E-state index contributed by atoms with van der Waals surface area (Å²) in [5.74, 6) is 0.898. The van der Waals surface area contributed by atoms with Gasteiger partial charge in [-0.25, -0.2) is 0 Å². The fraction of sp³-hybridized carbons (Fsp3) is 0.571. The van der Waals surface area contributed by atoms with E-state index in [4.69, 9.17) is 9.47 Å². The highest BCUT2D eigenvalue weighted by molar-refractivity contribution is 5.20. The second-order valence-corrected chi connectivity index (χ2v) is 4.01. The molecule has 1 rings (SSSR count). The van der Waals surface area contributed by atoms with Gasteiger partial charge < -0.3 is 14.8 Å². The molecule has 0 saturated heterocycles. The summed E-state index contributed by atoms with van der Waals surface area (Å²) in [6.45, 7) is 4.18. The van der Waals surface area contributed by atoms with Crippen LogP contribution in [0, 0.1) is 0 Å². The lowest BCUT2D eigenvalue weighted by molar-refractivity contribution is 0.0830. The quantitative estimate of drug-likeness (QED) is 0.669. The summed E-state index contributed by atoms with van der Waals surface area (Å²) in [6, 6.07) is 10.3. The Morgan fingerprint density at radius 3 is 2.59 bits per heavy atom. The molecule has 0 radical (unpaired) electrons. The van der Waals surface area contributed by atoms with Gasteiger partial charge >= 0.3 is 0 Å². The molecule has 0 heterocycles. The molecule has 0 aliphatic heterocycles. The molecule has 17 heavy (non-hydrogen) atoms. The normalized spacial score (nSPS) is 12.4. The summed E-state index contributed by atoms with van der Waals surface area (Å²) >= 11 is 0. The van der Waals surface area contributed by atoms with Crippen LogP contribution in [0.3, 0.4) is 0 Å². The van der Waals surface area contributed by atoms with Crippen LogP contribution >= 0.6 is 0 Å². The number of hydrogen-bond donors (Lipinski definition) is 1. The zero-order chi connectivity index (χ0) is 12.3. The Balaban J connectivity index is 2.04. The van der Waals surface area contributed by atoms with Crippen LogP contribution in [0.25, 0.3) is 0 Å². The number of ether oxygens (including phenoxy) is 2. The second kappa shape index (κ2) is 9.02. The van der Waals surface area contributed by atoms with Crippen molar-refractivity contribution in [1.82, 2.24) is 5.32 Å². The third-order valence-corrected chi connectivity index (χ3v) is 2.60. The molecular weight excluding hydrogens is 214 g/mol. The number of benzene rings is 1. The summed E-state index contributed by atoms with van der Waals surface area (Å²) < 4.78 is 11.1. The van der Waals surface area contributed by atoms with Crippen LogP contribution in [-0.2, 0) is 4.74 Å². The van der Waals surface area contributed by atoms with Gasteiger partial charge in [0.05, 0.1) is 13.2 Å². The van der Waals surface area contributed by atoms with Crippen molar-refractivity contribution in [2.75, 3.05) is 26.9 Å². The lowest BCUT2D eigenvalue weighted by Crippen LogP contribution is -2.30. The molecule has 0 aliphatic carbocycles. The van der Waals surface area contributed by atoms with Gasteiger partial charge in [-0.3, -0.25) is 0 Å². The zero-order valence-corrected chi connectivity index (χ0v) is 10.8. The maximum Gasteiger partial charge on any atom is 0.119 e. The first-order chi connectivity index (χ1) is 8.36. The van der Waals surface area contributed by atoms with Gasteiger partial charge in [-0.15, -0.1) is 0 Å². The van der Waals surface area contributed by atoms with Crippen molar-refractivity contribution in [3.05, 3.63) is 30.3 Å². The van der Waals surface area contributed by atoms with Gasteiger partial charge in [0.25, 0.3) is 0 Å². The monoisotopic (exact) mass is 237 g/mol. The van der Waals surface area contributed by atoms with Crippen LogP contribution in [0.1, 0.15) is 19.8 Å². The van der Waals surface area contributed by atoms with E-state index >= 15 is 0 Å². The van der Waals surface area contributed by atoms with Gasteiger partial charge in [-0.2, -0.15) is 0 Å². The Morgan fingerprint density at radius 1 is 1.18 bits per heavy atom.